The molecule has 0 atom stereocenters. The number of carbonyl (C=O) groups excluding carboxylic acids is 1. The van der Waals surface area contributed by atoms with Gasteiger partial charge in [0, 0.05) is 44.9 Å². The molecule has 2 aromatic carbocycles. The third-order valence-corrected chi connectivity index (χ3v) is 5.02. The van der Waals surface area contributed by atoms with Gasteiger partial charge >= 0.3 is 18.0 Å². The number of aliphatic carboxylic acids is 2. The Bertz CT molecular complexity index is 921. The fourth-order valence-electron chi connectivity index (χ4n) is 3.39. The molecule has 0 unspecified atom stereocenters. The molecule has 3 rings (SSSR count). The van der Waals surface area contributed by atoms with Gasteiger partial charge in [-0.2, -0.15) is 0 Å². The highest BCUT2D eigenvalue weighted by Gasteiger charge is 2.22. The number of hydrogen-bond donors (Lipinski definition) is 2. The number of rotatable bonds is 7. The van der Waals surface area contributed by atoms with Crippen LogP contribution in [0.1, 0.15) is 23.6 Å². The summed E-state index contributed by atoms with van der Waals surface area (Å²) >= 11 is 0. The molecule has 2 N–H and O–H groups in total. The Balaban J connectivity index is 0.000000414. The van der Waals surface area contributed by atoms with Crippen LogP contribution in [0.4, 0.5) is 4.79 Å². The summed E-state index contributed by atoms with van der Waals surface area (Å²) in [6.07, 6.45) is 1.89. The van der Waals surface area contributed by atoms with Crippen molar-refractivity contribution < 1.29 is 29.3 Å². The monoisotopic (exact) mass is 454 g/mol. The lowest BCUT2D eigenvalue weighted by atomic mass is 9.99. The van der Waals surface area contributed by atoms with E-state index in [9.17, 15) is 14.4 Å². The van der Waals surface area contributed by atoms with Crippen molar-refractivity contribution in [2.75, 3.05) is 32.8 Å². The summed E-state index contributed by atoms with van der Waals surface area (Å²) in [5, 5.41) is 15.6. The molecule has 0 bridgehead atoms. The lowest BCUT2D eigenvalue weighted by Crippen LogP contribution is -2.48. The molecule has 1 aliphatic heterocycles. The zero-order chi connectivity index (χ0) is 24.1. The van der Waals surface area contributed by atoms with Crippen LogP contribution in [0.15, 0.2) is 66.7 Å². The number of carboxylic acids is 2. The molecule has 0 radical (unpaired) electrons. The first-order valence-corrected chi connectivity index (χ1v) is 10.8. The van der Waals surface area contributed by atoms with Crippen LogP contribution in [0.2, 0.25) is 0 Å². The van der Waals surface area contributed by atoms with Crippen molar-refractivity contribution in [2.24, 2.45) is 0 Å². The highest BCUT2D eigenvalue weighted by atomic mass is 16.6. The minimum absolute atomic E-state index is 0.188. The molecule has 8 heteroatoms. The molecule has 1 heterocycles. The van der Waals surface area contributed by atoms with Crippen LogP contribution in [-0.4, -0.2) is 70.8 Å². The average molecular weight is 455 g/mol. The van der Waals surface area contributed by atoms with Gasteiger partial charge in [-0.3, -0.25) is 4.90 Å². The Hall–Kier alpha value is -3.65. The maximum Gasteiger partial charge on any atom is 0.409 e. The zero-order valence-electron chi connectivity index (χ0n) is 18.7. The molecule has 2 aromatic rings. The van der Waals surface area contributed by atoms with Crippen LogP contribution < -0.4 is 0 Å². The number of benzene rings is 2. The summed E-state index contributed by atoms with van der Waals surface area (Å²) in [6.45, 7) is 6.46. The number of hydrogen-bond acceptors (Lipinski definition) is 5. The predicted octanol–water partition coefficient (Wildman–Crippen LogP) is 3.26. The van der Waals surface area contributed by atoms with Crippen molar-refractivity contribution in [1.29, 1.82) is 0 Å². The van der Waals surface area contributed by atoms with E-state index in [-0.39, 0.29) is 6.09 Å². The first-order chi connectivity index (χ1) is 15.9. The highest BCUT2D eigenvalue weighted by molar-refractivity contribution is 5.89. The molecule has 33 heavy (non-hydrogen) atoms. The zero-order valence-corrected chi connectivity index (χ0v) is 18.7. The van der Waals surface area contributed by atoms with E-state index in [0.29, 0.717) is 18.8 Å². The topological polar surface area (TPSA) is 107 Å². The summed E-state index contributed by atoms with van der Waals surface area (Å²) in [4.78, 5) is 35.1. The van der Waals surface area contributed by atoms with Gasteiger partial charge in [-0.25, -0.2) is 14.4 Å². The SMILES string of the molecule is CCOC(=O)N1CCN(Cc2ccccc2Cc2ccccc2)CC1.O=C(O)/C=C\C(=O)O. The smallest absolute Gasteiger partial charge is 0.409 e. The van der Waals surface area contributed by atoms with Crippen LogP contribution in [0.25, 0.3) is 0 Å². The maximum absolute atomic E-state index is 11.8. The molecule has 1 fully saturated rings. The standard InChI is InChI=1S/C21H26N2O2.C4H4O4/c1-2-25-21(24)23-14-12-22(13-15-23)17-20-11-7-6-10-19(20)16-18-8-4-3-5-9-18;5-3(6)1-2-4(7)8/h3-11H,2,12-17H2,1H3;1-2H,(H,5,6)(H,7,8)/b;2-1-. The molecule has 1 aliphatic rings. The van der Waals surface area contributed by atoms with Gasteiger partial charge < -0.3 is 19.8 Å². The van der Waals surface area contributed by atoms with E-state index < -0.39 is 11.9 Å². The second-order valence-electron chi connectivity index (χ2n) is 7.40. The number of ether oxygens (including phenoxy) is 1. The van der Waals surface area contributed by atoms with E-state index in [1.54, 1.807) is 4.90 Å². The van der Waals surface area contributed by atoms with E-state index in [4.69, 9.17) is 14.9 Å². The number of amides is 1. The van der Waals surface area contributed by atoms with Crippen molar-refractivity contribution in [3.8, 4) is 0 Å². The van der Waals surface area contributed by atoms with E-state index in [2.05, 4.69) is 59.5 Å². The summed E-state index contributed by atoms with van der Waals surface area (Å²) < 4.78 is 5.09. The number of nitrogens with zero attached hydrogens (tertiary/aromatic N) is 2. The molecule has 0 spiro atoms. The fourth-order valence-corrected chi connectivity index (χ4v) is 3.39. The fraction of sp³-hybridized carbons (Fsp3) is 0.320. The van der Waals surface area contributed by atoms with E-state index in [0.717, 1.165) is 39.1 Å². The van der Waals surface area contributed by atoms with Crippen molar-refractivity contribution in [3.63, 3.8) is 0 Å². The summed E-state index contributed by atoms with van der Waals surface area (Å²) in [5.74, 6) is -2.51. The highest BCUT2D eigenvalue weighted by Crippen LogP contribution is 2.17. The molecule has 0 saturated carbocycles. The average Bonchev–Trinajstić information content (AvgIpc) is 2.81. The predicted molar refractivity (Wildman–Crippen MR) is 124 cm³/mol. The molecule has 0 aliphatic carbocycles. The van der Waals surface area contributed by atoms with Crippen molar-refractivity contribution in [2.45, 2.75) is 19.9 Å². The van der Waals surface area contributed by atoms with E-state index in [1.807, 2.05) is 6.92 Å². The largest absolute Gasteiger partial charge is 0.478 e. The van der Waals surface area contributed by atoms with Gasteiger partial charge in [-0.15, -0.1) is 0 Å². The molecular formula is C25H30N2O6. The Morgan fingerprint density at radius 3 is 1.94 bits per heavy atom. The molecular weight excluding hydrogens is 424 g/mol. The minimum Gasteiger partial charge on any atom is -0.478 e. The van der Waals surface area contributed by atoms with Gasteiger partial charge in [-0.1, -0.05) is 54.6 Å². The molecule has 1 saturated heterocycles. The third kappa shape index (κ3) is 9.57. The number of carbonyl (C=O) groups is 3. The maximum atomic E-state index is 11.8. The van der Waals surface area contributed by atoms with Gasteiger partial charge in [0.1, 0.15) is 0 Å². The lowest BCUT2D eigenvalue weighted by molar-refractivity contribution is -0.134. The Kier molecular flexibility index (Phi) is 10.6. The third-order valence-electron chi connectivity index (χ3n) is 5.02. The lowest BCUT2D eigenvalue weighted by Gasteiger charge is -2.34. The summed E-state index contributed by atoms with van der Waals surface area (Å²) in [6, 6.07) is 19.2. The Morgan fingerprint density at radius 2 is 1.39 bits per heavy atom. The quantitative estimate of drug-likeness (QED) is 0.618. The van der Waals surface area contributed by atoms with Crippen molar-refractivity contribution in [3.05, 3.63) is 83.4 Å². The van der Waals surface area contributed by atoms with Crippen molar-refractivity contribution >= 4 is 18.0 Å². The van der Waals surface area contributed by atoms with Crippen molar-refractivity contribution in [1.82, 2.24) is 9.80 Å². The van der Waals surface area contributed by atoms with Gasteiger partial charge in [0.25, 0.3) is 0 Å². The Labute approximate surface area is 193 Å². The van der Waals surface area contributed by atoms with E-state index in [1.165, 1.54) is 16.7 Å². The van der Waals surface area contributed by atoms with E-state index >= 15 is 0 Å². The van der Waals surface area contributed by atoms with Gasteiger partial charge in [0.05, 0.1) is 6.61 Å². The van der Waals surface area contributed by atoms with Crippen LogP contribution in [-0.2, 0) is 27.3 Å². The molecule has 8 nitrogen and oxygen atoms in total. The van der Waals surface area contributed by atoms with Crippen LogP contribution >= 0.6 is 0 Å². The van der Waals surface area contributed by atoms with Crippen LogP contribution in [0.5, 0.6) is 0 Å². The first kappa shape index (κ1) is 25.6. The Morgan fingerprint density at radius 1 is 0.848 bits per heavy atom. The van der Waals surface area contributed by atoms with Gasteiger partial charge in [0.15, 0.2) is 0 Å². The van der Waals surface area contributed by atoms with Crippen LogP contribution in [0, 0.1) is 0 Å². The minimum atomic E-state index is -1.26. The molecule has 1 amide bonds. The molecule has 0 aromatic heterocycles. The number of carboxylic acid groups (broad SMARTS) is 2. The molecule has 176 valence electrons. The van der Waals surface area contributed by atoms with Gasteiger partial charge in [0.2, 0.25) is 0 Å². The first-order valence-electron chi connectivity index (χ1n) is 10.8. The second kappa shape index (κ2) is 13.7. The second-order valence-corrected chi connectivity index (χ2v) is 7.40. The number of piperazine rings is 1. The summed E-state index contributed by atoms with van der Waals surface area (Å²) in [7, 11) is 0. The normalized spacial score (nSPS) is 13.8. The van der Waals surface area contributed by atoms with Gasteiger partial charge in [-0.05, 0) is 30.0 Å². The van der Waals surface area contributed by atoms with Crippen LogP contribution in [0.3, 0.4) is 0 Å². The summed E-state index contributed by atoms with van der Waals surface area (Å²) in [5.41, 5.74) is 4.08.